The smallest absolute Gasteiger partial charge is 0.238 e. The van der Waals surface area contributed by atoms with Crippen LogP contribution in [-0.4, -0.2) is 22.0 Å². The molecule has 1 heterocycles. The van der Waals surface area contributed by atoms with E-state index < -0.39 is 12.1 Å². The zero-order chi connectivity index (χ0) is 17.1. The molecule has 1 atom stereocenters. The maximum Gasteiger partial charge on any atom is 0.238 e. The molecule has 3 rings (SSSR count). The summed E-state index contributed by atoms with van der Waals surface area (Å²) in [7, 11) is 0. The Hall–Kier alpha value is -2.86. The Morgan fingerprint density at radius 3 is 2.54 bits per heavy atom. The van der Waals surface area contributed by atoms with Gasteiger partial charge in [-0.3, -0.25) is 0 Å². The first-order valence-corrected chi connectivity index (χ1v) is 7.47. The fourth-order valence-corrected chi connectivity index (χ4v) is 2.14. The molecule has 0 bridgehead atoms. The van der Waals surface area contributed by atoms with Crippen LogP contribution in [0.5, 0.6) is 17.4 Å². The van der Waals surface area contributed by atoms with Crippen molar-refractivity contribution in [1.82, 2.24) is 9.97 Å². The first kappa shape index (κ1) is 16.0. The van der Waals surface area contributed by atoms with Crippen LogP contribution in [0.2, 0.25) is 5.02 Å². The third-order valence-corrected chi connectivity index (χ3v) is 3.41. The van der Waals surface area contributed by atoms with E-state index in [-0.39, 0.29) is 0 Å². The largest absolute Gasteiger partial charge is 0.546 e. The number of aliphatic carboxylic acids is 1. The first-order valence-electron chi connectivity index (χ1n) is 7.09. The molecule has 7 heteroatoms. The number of fused-ring (bicyclic) bond motifs is 1. The summed E-state index contributed by atoms with van der Waals surface area (Å²) in [6, 6.07) is 11.7. The predicted octanol–water partition coefficient (Wildman–Crippen LogP) is 2.59. The Balaban J connectivity index is 1.75. The van der Waals surface area contributed by atoms with Gasteiger partial charge in [0.25, 0.3) is 0 Å². The topological polar surface area (TPSA) is 84.4 Å². The quantitative estimate of drug-likeness (QED) is 0.708. The number of hydrogen-bond donors (Lipinski definition) is 0. The number of benzene rings is 2. The van der Waals surface area contributed by atoms with E-state index in [9.17, 15) is 9.90 Å². The Labute approximate surface area is 142 Å². The summed E-state index contributed by atoms with van der Waals surface area (Å²) >= 11 is 5.94. The Bertz CT molecular complexity index is 883. The molecule has 0 N–H and O–H groups in total. The van der Waals surface area contributed by atoms with Crippen molar-refractivity contribution < 1.29 is 19.4 Å². The molecule has 3 aromatic rings. The molecule has 0 spiro atoms. The molecule has 0 aliphatic rings. The van der Waals surface area contributed by atoms with Crippen molar-refractivity contribution in [2.75, 3.05) is 0 Å². The molecule has 0 fully saturated rings. The lowest BCUT2D eigenvalue weighted by atomic mass is 10.3. The molecule has 122 valence electrons. The molecule has 2 aromatic carbocycles. The normalized spacial score (nSPS) is 11.9. The molecule has 0 saturated heterocycles. The van der Waals surface area contributed by atoms with Gasteiger partial charge in [0.2, 0.25) is 5.88 Å². The van der Waals surface area contributed by atoms with Crippen molar-refractivity contribution in [1.29, 1.82) is 0 Å². The summed E-state index contributed by atoms with van der Waals surface area (Å²) in [6.07, 6.45) is 0.478. The molecular formula is C17H12ClN2O4-. The minimum atomic E-state index is -1.28. The summed E-state index contributed by atoms with van der Waals surface area (Å²) in [5.41, 5.74) is 1.34. The van der Waals surface area contributed by atoms with Gasteiger partial charge in [0.1, 0.15) is 17.6 Å². The Kier molecular flexibility index (Phi) is 4.48. The maximum atomic E-state index is 10.7. The number of carboxylic acids is 1. The molecule has 6 nitrogen and oxygen atoms in total. The SMILES string of the molecule is CC(Oc1ccc(Oc2cnc3ccc(Cl)cc3n2)cc1)C(=O)[O-]. The van der Waals surface area contributed by atoms with Crippen molar-refractivity contribution >= 4 is 28.6 Å². The van der Waals surface area contributed by atoms with Crippen molar-refractivity contribution in [3.8, 4) is 17.4 Å². The molecule has 1 aromatic heterocycles. The van der Waals surface area contributed by atoms with Crippen LogP contribution in [-0.2, 0) is 4.79 Å². The van der Waals surface area contributed by atoms with Crippen LogP contribution >= 0.6 is 11.6 Å². The number of carbonyl (C=O) groups excluding carboxylic acids is 1. The minimum absolute atomic E-state index is 0.321. The number of halogens is 1. The number of ether oxygens (including phenoxy) is 2. The summed E-state index contributed by atoms with van der Waals surface area (Å²) in [5, 5.41) is 11.2. The summed E-state index contributed by atoms with van der Waals surface area (Å²) in [6.45, 7) is 1.40. The zero-order valence-corrected chi connectivity index (χ0v) is 13.4. The second-order valence-electron chi connectivity index (χ2n) is 4.99. The highest BCUT2D eigenvalue weighted by Gasteiger charge is 2.06. The van der Waals surface area contributed by atoms with Gasteiger partial charge in [-0.15, -0.1) is 0 Å². The van der Waals surface area contributed by atoms with Gasteiger partial charge in [0.05, 0.1) is 23.2 Å². The zero-order valence-electron chi connectivity index (χ0n) is 12.6. The minimum Gasteiger partial charge on any atom is -0.546 e. The van der Waals surface area contributed by atoms with E-state index in [0.29, 0.717) is 33.4 Å². The molecule has 0 amide bonds. The molecule has 0 radical (unpaired) electrons. The van der Waals surface area contributed by atoms with E-state index in [0.717, 1.165) is 0 Å². The molecule has 0 saturated carbocycles. The lowest BCUT2D eigenvalue weighted by Gasteiger charge is -2.15. The second-order valence-corrected chi connectivity index (χ2v) is 5.43. The highest BCUT2D eigenvalue weighted by Crippen LogP contribution is 2.24. The van der Waals surface area contributed by atoms with E-state index in [4.69, 9.17) is 21.1 Å². The van der Waals surface area contributed by atoms with Gasteiger partial charge < -0.3 is 19.4 Å². The Morgan fingerprint density at radius 1 is 1.12 bits per heavy atom. The number of nitrogens with zero attached hydrogens (tertiary/aromatic N) is 2. The van der Waals surface area contributed by atoms with Crippen LogP contribution in [0.15, 0.2) is 48.7 Å². The van der Waals surface area contributed by atoms with Gasteiger partial charge in [0, 0.05) is 5.02 Å². The van der Waals surface area contributed by atoms with Crippen molar-refractivity contribution in [2.45, 2.75) is 13.0 Å². The summed E-state index contributed by atoms with van der Waals surface area (Å²) in [5.74, 6) is -0.0449. The second kappa shape index (κ2) is 6.72. The lowest BCUT2D eigenvalue weighted by Crippen LogP contribution is -2.37. The average molecular weight is 344 g/mol. The van der Waals surface area contributed by atoms with Gasteiger partial charge in [-0.25, -0.2) is 9.97 Å². The van der Waals surface area contributed by atoms with Crippen LogP contribution < -0.4 is 14.6 Å². The Morgan fingerprint density at radius 2 is 1.83 bits per heavy atom. The summed E-state index contributed by atoms with van der Waals surface area (Å²) in [4.78, 5) is 19.2. The monoisotopic (exact) mass is 343 g/mol. The highest BCUT2D eigenvalue weighted by atomic mass is 35.5. The van der Waals surface area contributed by atoms with Crippen molar-refractivity contribution in [2.24, 2.45) is 0 Å². The van der Waals surface area contributed by atoms with E-state index in [2.05, 4.69) is 9.97 Å². The average Bonchev–Trinajstić information content (AvgIpc) is 2.56. The molecule has 0 aliphatic carbocycles. The fourth-order valence-electron chi connectivity index (χ4n) is 1.98. The molecule has 0 aliphatic heterocycles. The lowest BCUT2D eigenvalue weighted by molar-refractivity contribution is -0.312. The van der Waals surface area contributed by atoms with Crippen molar-refractivity contribution in [3.05, 3.63) is 53.7 Å². The van der Waals surface area contributed by atoms with Gasteiger partial charge in [0.15, 0.2) is 0 Å². The number of aromatic nitrogens is 2. The third kappa shape index (κ3) is 3.72. The number of carboxylic acid groups (broad SMARTS) is 1. The van der Waals surface area contributed by atoms with Crippen LogP contribution in [0.25, 0.3) is 11.0 Å². The van der Waals surface area contributed by atoms with Gasteiger partial charge in [-0.2, -0.15) is 0 Å². The molecule has 1 unspecified atom stereocenters. The van der Waals surface area contributed by atoms with Crippen molar-refractivity contribution in [3.63, 3.8) is 0 Å². The number of hydrogen-bond acceptors (Lipinski definition) is 6. The number of rotatable bonds is 5. The molecular weight excluding hydrogens is 332 g/mol. The number of carbonyl (C=O) groups is 1. The van der Waals surface area contributed by atoms with E-state index in [1.165, 1.54) is 13.1 Å². The standard InChI is InChI=1S/C17H13ClN2O4/c1-10(17(21)22)23-12-3-5-13(6-4-12)24-16-9-19-14-7-2-11(18)8-15(14)20-16/h2-10H,1H3,(H,21,22)/p-1. The first-order chi connectivity index (χ1) is 11.5. The van der Waals surface area contributed by atoms with E-state index in [1.807, 2.05) is 0 Å². The van der Waals surface area contributed by atoms with Crippen LogP contribution in [0.1, 0.15) is 6.92 Å². The fraction of sp³-hybridized carbons (Fsp3) is 0.118. The van der Waals surface area contributed by atoms with Crippen LogP contribution in [0.3, 0.4) is 0 Å². The van der Waals surface area contributed by atoms with E-state index in [1.54, 1.807) is 42.5 Å². The van der Waals surface area contributed by atoms with Crippen LogP contribution in [0.4, 0.5) is 0 Å². The third-order valence-electron chi connectivity index (χ3n) is 3.17. The van der Waals surface area contributed by atoms with Crippen LogP contribution in [0, 0.1) is 0 Å². The predicted molar refractivity (Wildman–Crippen MR) is 86.2 cm³/mol. The van der Waals surface area contributed by atoms with Gasteiger partial charge >= 0.3 is 0 Å². The molecule has 24 heavy (non-hydrogen) atoms. The van der Waals surface area contributed by atoms with Gasteiger partial charge in [-0.1, -0.05) is 11.6 Å². The van der Waals surface area contributed by atoms with Gasteiger partial charge in [-0.05, 0) is 49.4 Å². The highest BCUT2D eigenvalue weighted by molar-refractivity contribution is 6.31. The maximum absolute atomic E-state index is 10.7. The summed E-state index contributed by atoms with van der Waals surface area (Å²) < 4.78 is 10.8. The van der Waals surface area contributed by atoms with E-state index >= 15 is 0 Å².